The molecule has 5 rings (SSSR count). The number of hydrogen-bond acceptors (Lipinski definition) is 6. The molecule has 1 fully saturated rings. The molecule has 2 atom stereocenters. The van der Waals surface area contributed by atoms with Crippen molar-refractivity contribution in [3.05, 3.63) is 58.3 Å². The number of halogens is 1. The van der Waals surface area contributed by atoms with Crippen LogP contribution in [0.15, 0.2) is 41.5 Å². The molecule has 0 radical (unpaired) electrons. The predicted molar refractivity (Wildman–Crippen MR) is 122 cm³/mol. The molecule has 3 aromatic rings. The number of hydrogen-bond donors (Lipinski definition) is 3. The number of pyridine rings is 2. The third-order valence-electron chi connectivity index (χ3n) is 6.12. The van der Waals surface area contributed by atoms with Crippen LogP contribution in [0.3, 0.4) is 0 Å². The van der Waals surface area contributed by atoms with Gasteiger partial charge in [-0.25, -0.2) is 19.0 Å². The van der Waals surface area contributed by atoms with E-state index in [9.17, 15) is 19.5 Å². The Bertz CT molecular complexity index is 1360. The van der Waals surface area contributed by atoms with Gasteiger partial charge in [-0.05, 0) is 31.5 Å². The maximum Gasteiger partial charge on any atom is 0.341 e. The van der Waals surface area contributed by atoms with Crippen molar-refractivity contribution in [1.29, 1.82) is 0 Å². The van der Waals surface area contributed by atoms with Crippen LogP contribution in [0.2, 0.25) is 0 Å². The van der Waals surface area contributed by atoms with Crippen molar-refractivity contribution in [3.63, 3.8) is 0 Å². The van der Waals surface area contributed by atoms with E-state index in [1.54, 1.807) is 33.9 Å². The predicted octanol–water partition coefficient (Wildman–Crippen LogP) is 2.59. The normalized spacial score (nSPS) is 19.1. The second kappa shape index (κ2) is 8.32. The number of aromatic carboxylic acids is 1. The van der Waals surface area contributed by atoms with Crippen molar-refractivity contribution < 1.29 is 23.8 Å². The lowest BCUT2D eigenvalue weighted by Crippen LogP contribution is -2.40. The minimum Gasteiger partial charge on any atom is -0.487 e. The highest BCUT2D eigenvalue weighted by atomic mass is 19.1. The summed E-state index contributed by atoms with van der Waals surface area (Å²) in [4.78, 5) is 42.4. The van der Waals surface area contributed by atoms with Gasteiger partial charge in [0, 0.05) is 31.5 Å². The molecule has 10 nitrogen and oxygen atoms in total. The van der Waals surface area contributed by atoms with Gasteiger partial charge in [-0.2, -0.15) is 0 Å². The van der Waals surface area contributed by atoms with Crippen LogP contribution >= 0.6 is 0 Å². The zero-order valence-electron chi connectivity index (χ0n) is 18.2. The number of nitrogens with one attached hydrogen (secondary N) is 2. The van der Waals surface area contributed by atoms with E-state index in [1.807, 2.05) is 6.92 Å². The van der Waals surface area contributed by atoms with Gasteiger partial charge in [0.2, 0.25) is 5.43 Å². The Morgan fingerprint density at radius 3 is 2.88 bits per heavy atom. The van der Waals surface area contributed by atoms with Gasteiger partial charge in [-0.15, -0.1) is 0 Å². The summed E-state index contributed by atoms with van der Waals surface area (Å²) in [7, 11) is 0. The lowest BCUT2D eigenvalue weighted by atomic mass is 10.1. The standard InChI is InChI=1S/C23H22FN5O5/c1-12-11-34-21-18-14(20(30)15(22(31)32)10-29(12)18)8-16(24)19(21)28-7-5-13(9-28)26-23(33)27-17-4-2-3-6-25-17/h2-4,6,8,10,12-13H,5,7,9,11H2,1H3,(H,31,32)(H2,25,26,27,33)/t12-,13?/m0/s1. The van der Waals surface area contributed by atoms with Crippen LogP contribution in [0.25, 0.3) is 10.9 Å². The fourth-order valence-electron chi connectivity index (χ4n) is 4.51. The van der Waals surface area contributed by atoms with Crippen LogP contribution in [-0.4, -0.2) is 52.4 Å². The number of carboxylic acids is 1. The molecule has 3 N–H and O–H groups in total. The zero-order chi connectivity index (χ0) is 24.0. The molecule has 0 bridgehead atoms. The number of nitrogens with zero attached hydrogens (tertiary/aromatic N) is 3. The molecule has 176 valence electrons. The number of carboxylic acid groups (broad SMARTS) is 1. The molecular weight excluding hydrogens is 445 g/mol. The highest BCUT2D eigenvalue weighted by molar-refractivity contribution is 5.97. The van der Waals surface area contributed by atoms with E-state index in [-0.39, 0.29) is 35.5 Å². The number of ether oxygens (including phenoxy) is 1. The molecular formula is C23H22FN5O5. The number of urea groups is 1. The monoisotopic (exact) mass is 467 g/mol. The van der Waals surface area contributed by atoms with E-state index in [2.05, 4.69) is 15.6 Å². The molecule has 2 aromatic heterocycles. The first kappa shape index (κ1) is 21.7. The highest BCUT2D eigenvalue weighted by Crippen LogP contribution is 2.42. The summed E-state index contributed by atoms with van der Waals surface area (Å²) in [6.07, 6.45) is 3.44. The summed E-state index contributed by atoms with van der Waals surface area (Å²) < 4.78 is 22.9. The number of anilines is 2. The molecule has 11 heteroatoms. The number of carbonyl (C=O) groups is 2. The summed E-state index contributed by atoms with van der Waals surface area (Å²) in [5, 5.41) is 14.9. The lowest BCUT2D eigenvalue weighted by Gasteiger charge is -2.31. The topological polar surface area (TPSA) is 126 Å². The summed E-state index contributed by atoms with van der Waals surface area (Å²) >= 11 is 0. The molecule has 2 amide bonds. The minimum absolute atomic E-state index is 0.0358. The fraction of sp³-hybridized carbons (Fsp3) is 0.304. The first-order valence-corrected chi connectivity index (χ1v) is 10.8. The van der Waals surface area contributed by atoms with Crippen molar-refractivity contribution in [2.75, 3.05) is 29.9 Å². The SMILES string of the molecule is C[C@H]1COc2c(N3CCC(NC(=O)Nc4ccccn4)C3)c(F)cc3c(=O)c(C(=O)O)cn1c23. The van der Waals surface area contributed by atoms with Gasteiger partial charge in [-0.1, -0.05) is 6.07 Å². The van der Waals surface area contributed by atoms with Gasteiger partial charge in [0.25, 0.3) is 0 Å². The van der Waals surface area contributed by atoms with E-state index in [4.69, 9.17) is 4.74 Å². The molecule has 1 unspecified atom stereocenters. The Labute approximate surface area is 193 Å². The Hall–Kier alpha value is -4.15. The molecule has 0 saturated carbocycles. The third kappa shape index (κ3) is 3.68. The van der Waals surface area contributed by atoms with Gasteiger partial charge in [0.05, 0.1) is 16.9 Å². The van der Waals surface area contributed by atoms with Crippen LogP contribution < -0.4 is 25.7 Å². The van der Waals surface area contributed by atoms with Crippen LogP contribution in [0.5, 0.6) is 5.75 Å². The number of benzene rings is 1. The summed E-state index contributed by atoms with van der Waals surface area (Å²) in [6.45, 7) is 2.82. The summed E-state index contributed by atoms with van der Waals surface area (Å²) in [5.74, 6) is -1.42. The second-order valence-corrected chi connectivity index (χ2v) is 8.42. The summed E-state index contributed by atoms with van der Waals surface area (Å²) in [6, 6.07) is 5.35. The van der Waals surface area contributed by atoms with Crippen molar-refractivity contribution in [3.8, 4) is 5.75 Å². The Morgan fingerprint density at radius 2 is 2.15 bits per heavy atom. The molecule has 0 aliphatic carbocycles. The average Bonchev–Trinajstić information content (AvgIpc) is 3.25. The number of aromatic nitrogens is 2. The largest absolute Gasteiger partial charge is 0.487 e. The van der Waals surface area contributed by atoms with Crippen molar-refractivity contribution in [2.45, 2.75) is 25.4 Å². The average molecular weight is 467 g/mol. The van der Waals surface area contributed by atoms with Gasteiger partial charge in [0.1, 0.15) is 23.7 Å². The van der Waals surface area contributed by atoms with Crippen molar-refractivity contribution in [2.24, 2.45) is 0 Å². The van der Waals surface area contributed by atoms with E-state index in [0.717, 1.165) is 6.07 Å². The van der Waals surface area contributed by atoms with E-state index in [0.29, 0.717) is 30.8 Å². The molecule has 34 heavy (non-hydrogen) atoms. The zero-order valence-corrected chi connectivity index (χ0v) is 18.2. The van der Waals surface area contributed by atoms with Crippen molar-refractivity contribution in [1.82, 2.24) is 14.9 Å². The maximum atomic E-state index is 15.3. The van der Waals surface area contributed by atoms with Crippen LogP contribution in [0.1, 0.15) is 29.7 Å². The molecule has 1 saturated heterocycles. The molecule has 2 aliphatic heterocycles. The third-order valence-corrected chi connectivity index (χ3v) is 6.12. The Morgan fingerprint density at radius 1 is 1.32 bits per heavy atom. The maximum absolute atomic E-state index is 15.3. The van der Waals surface area contributed by atoms with E-state index < -0.39 is 28.8 Å². The first-order valence-electron chi connectivity index (χ1n) is 10.8. The smallest absolute Gasteiger partial charge is 0.341 e. The number of carbonyl (C=O) groups excluding carboxylic acids is 1. The number of rotatable bonds is 4. The van der Waals surface area contributed by atoms with Crippen LogP contribution in [0, 0.1) is 5.82 Å². The first-order chi connectivity index (χ1) is 16.3. The number of amides is 2. The van der Waals surface area contributed by atoms with Crippen LogP contribution in [-0.2, 0) is 0 Å². The van der Waals surface area contributed by atoms with Gasteiger partial charge in [0.15, 0.2) is 11.6 Å². The quantitative estimate of drug-likeness (QED) is 0.538. The van der Waals surface area contributed by atoms with Crippen molar-refractivity contribution >= 4 is 34.4 Å². The molecule has 4 heterocycles. The van der Waals surface area contributed by atoms with Crippen LogP contribution in [0.4, 0.5) is 20.7 Å². The Kier molecular flexibility index (Phi) is 5.31. The van der Waals surface area contributed by atoms with Gasteiger partial charge >= 0.3 is 12.0 Å². The minimum atomic E-state index is -1.36. The summed E-state index contributed by atoms with van der Waals surface area (Å²) in [5.41, 5.74) is -0.599. The van der Waals surface area contributed by atoms with E-state index >= 15 is 4.39 Å². The van der Waals surface area contributed by atoms with Gasteiger partial charge < -0.3 is 24.6 Å². The van der Waals surface area contributed by atoms with Gasteiger partial charge in [-0.3, -0.25) is 10.1 Å². The second-order valence-electron chi connectivity index (χ2n) is 8.42. The highest BCUT2D eigenvalue weighted by Gasteiger charge is 2.33. The lowest BCUT2D eigenvalue weighted by molar-refractivity contribution is 0.0694. The fourth-order valence-corrected chi connectivity index (χ4v) is 4.51. The van der Waals surface area contributed by atoms with E-state index in [1.165, 1.54) is 6.20 Å². The molecule has 1 aromatic carbocycles. The Balaban J connectivity index is 1.45. The molecule has 0 spiro atoms. The molecule has 2 aliphatic rings.